The molecule has 1 fully saturated rings. The number of benzene rings is 1. The lowest BCUT2D eigenvalue weighted by atomic mass is 10.2. The quantitative estimate of drug-likeness (QED) is 0.505. The van der Waals surface area contributed by atoms with Gasteiger partial charge in [-0.3, -0.25) is 9.59 Å². The Morgan fingerprint density at radius 2 is 1.90 bits per heavy atom. The van der Waals surface area contributed by atoms with Crippen molar-refractivity contribution in [3.63, 3.8) is 0 Å². The van der Waals surface area contributed by atoms with Crippen LogP contribution in [0.2, 0.25) is 0 Å². The van der Waals surface area contributed by atoms with Crippen molar-refractivity contribution in [1.82, 2.24) is 10.6 Å². The molecule has 156 valence electrons. The van der Waals surface area contributed by atoms with Crippen LogP contribution in [0.4, 0.5) is 4.39 Å². The van der Waals surface area contributed by atoms with Crippen molar-refractivity contribution in [3.8, 4) is 0 Å². The summed E-state index contributed by atoms with van der Waals surface area (Å²) in [7, 11) is -3.91. The van der Waals surface area contributed by atoms with Crippen LogP contribution in [-0.4, -0.2) is 46.0 Å². The summed E-state index contributed by atoms with van der Waals surface area (Å²) in [6, 6.07) is 7.83. The third-order valence-electron chi connectivity index (χ3n) is 4.55. The molecule has 2 heterocycles. The van der Waals surface area contributed by atoms with Crippen molar-refractivity contribution < 1.29 is 27.1 Å². The zero-order valence-electron chi connectivity index (χ0n) is 15.5. The average molecular weight is 441 g/mol. The van der Waals surface area contributed by atoms with E-state index < -0.39 is 32.7 Å². The van der Waals surface area contributed by atoms with E-state index in [0.717, 1.165) is 25.0 Å². The van der Waals surface area contributed by atoms with Gasteiger partial charge in [0, 0.05) is 24.6 Å². The van der Waals surface area contributed by atoms with E-state index in [1.165, 1.54) is 23.5 Å². The van der Waals surface area contributed by atoms with Crippen LogP contribution in [0.3, 0.4) is 0 Å². The van der Waals surface area contributed by atoms with Gasteiger partial charge in [0.1, 0.15) is 11.1 Å². The van der Waals surface area contributed by atoms with Crippen LogP contribution in [-0.2, 0) is 24.2 Å². The van der Waals surface area contributed by atoms with Crippen LogP contribution in [0, 0.1) is 5.82 Å². The third kappa shape index (κ3) is 5.40. The maximum Gasteiger partial charge on any atom is 0.309 e. The molecule has 0 unspecified atom stereocenters. The Bertz CT molecular complexity index is 939. The van der Waals surface area contributed by atoms with Gasteiger partial charge in [-0.1, -0.05) is 6.07 Å². The minimum Gasteiger partial charge on any atom is -0.376 e. The van der Waals surface area contributed by atoms with Crippen LogP contribution < -0.4 is 10.6 Å². The maximum atomic E-state index is 13.2. The highest BCUT2D eigenvalue weighted by molar-refractivity contribution is 7.91. The summed E-state index contributed by atoms with van der Waals surface area (Å²) < 4.78 is 44.6. The molecule has 1 aromatic carbocycles. The first kappa shape index (κ1) is 21.4. The van der Waals surface area contributed by atoms with Crippen LogP contribution in [0.25, 0.3) is 0 Å². The second kappa shape index (κ2) is 9.47. The number of rotatable bonds is 7. The smallest absolute Gasteiger partial charge is 0.309 e. The molecule has 1 aromatic heterocycles. The molecule has 29 heavy (non-hydrogen) atoms. The second-order valence-corrected chi connectivity index (χ2v) is 9.67. The minimum absolute atomic E-state index is 0.0608. The van der Waals surface area contributed by atoms with Gasteiger partial charge in [0.15, 0.2) is 9.84 Å². The monoisotopic (exact) mass is 440 g/mol. The molecular weight excluding hydrogens is 419 g/mol. The van der Waals surface area contributed by atoms with E-state index in [0.29, 0.717) is 11.5 Å². The van der Waals surface area contributed by atoms with Gasteiger partial charge in [0.25, 0.3) is 0 Å². The maximum absolute atomic E-state index is 13.2. The van der Waals surface area contributed by atoms with Crippen LogP contribution in [0.5, 0.6) is 0 Å². The number of nitrogens with one attached hydrogen (secondary N) is 2. The molecule has 0 bridgehead atoms. The molecule has 2 N–H and O–H groups in total. The van der Waals surface area contributed by atoms with Crippen LogP contribution in [0.15, 0.2) is 46.7 Å². The van der Waals surface area contributed by atoms with Gasteiger partial charge in [-0.15, -0.1) is 11.3 Å². The zero-order chi connectivity index (χ0) is 20.9. The normalized spacial score (nSPS) is 17.6. The Hall–Kier alpha value is -2.30. The molecular formula is C19H21FN2O5S2. The lowest BCUT2D eigenvalue weighted by Gasteiger charge is -2.17. The number of carbonyl (C=O) groups is 2. The summed E-state index contributed by atoms with van der Waals surface area (Å²) in [6.07, 6.45) is 1.62. The molecule has 0 saturated carbocycles. The SMILES string of the molecule is O=C(NC[C@H]1CCCO1)C(=O)NC[C@@H](c1cccs1)S(=O)(=O)c1ccc(F)cc1. The minimum atomic E-state index is -3.91. The molecule has 2 aromatic rings. The van der Waals surface area contributed by atoms with Crippen LogP contribution in [0.1, 0.15) is 23.0 Å². The van der Waals surface area contributed by atoms with E-state index in [4.69, 9.17) is 4.74 Å². The summed E-state index contributed by atoms with van der Waals surface area (Å²) >= 11 is 1.22. The largest absolute Gasteiger partial charge is 0.376 e. The highest BCUT2D eigenvalue weighted by Crippen LogP contribution is 2.31. The fourth-order valence-electron chi connectivity index (χ4n) is 2.98. The van der Waals surface area contributed by atoms with Gasteiger partial charge in [0.2, 0.25) is 0 Å². The van der Waals surface area contributed by atoms with Gasteiger partial charge in [-0.05, 0) is 48.6 Å². The van der Waals surface area contributed by atoms with Crippen molar-refractivity contribution in [2.45, 2.75) is 29.1 Å². The van der Waals surface area contributed by atoms with Crippen molar-refractivity contribution in [2.75, 3.05) is 19.7 Å². The van der Waals surface area contributed by atoms with E-state index in [9.17, 15) is 22.4 Å². The Morgan fingerprint density at radius 3 is 2.52 bits per heavy atom. The molecule has 3 rings (SSSR count). The van der Waals surface area contributed by atoms with E-state index in [1.54, 1.807) is 17.5 Å². The molecule has 1 aliphatic heterocycles. The van der Waals surface area contributed by atoms with E-state index in [-0.39, 0.29) is 24.1 Å². The topological polar surface area (TPSA) is 102 Å². The van der Waals surface area contributed by atoms with E-state index in [1.807, 2.05) is 0 Å². The number of ether oxygens (including phenoxy) is 1. The lowest BCUT2D eigenvalue weighted by Crippen LogP contribution is -2.44. The lowest BCUT2D eigenvalue weighted by molar-refractivity contribution is -0.139. The Balaban J connectivity index is 1.67. The molecule has 10 heteroatoms. The Morgan fingerprint density at radius 1 is 1.17 bits per heavy atom. The molecule has 2 amide bonds. The molecule has 0 aliphatic carbocycles. The fraction of sp³-hybridized carbons (Fsp3) is 0.368. The molecule has 1 saturated heterocycles. The number of halogens is 1. The summed E-state index contributed by atoms with van der Waals surface area (Å²) in [5, 5.41) is 5.52. The number of hydrogen-bond donors (Lipinski definition) is 2. The highest BCUT2D eigenvalue weighted by Gasteiger charge is 2.31. The van der Waals surface area contributed by atoms with Gasteiger partial charge < -0.3 is 15.4 Å². The fourth-order valence-corrected chi connectivity index (χ4v) is 5.77. The Kier molecular flexibility index (Phi) is 6.99. The number of hydrogen-bond acceptors (Lipinski definition) is 6. The van der Waals surface area contributed by atoms with Crippen LogP contribution >= 0.6 is 11.3 Å². The van der Waals surface area contributed by atoms with Gasteiger partial charge >= 0.3 is 11.8 Å². The predicted molar refractivity (Wildman–Crippen MR) is 106 cm³/mol. The predicted octanol–water partition coefficient (Wildman–Crippen LogP) is 1.81. The number of sulfone groups is 1. The van der Waals surface area contributed by atoms with Crippen molar-refractivity contribution >= 4 is 33.0 Å². The van der Waals surface area contributed by atoms with Gasteiger partial charge in [-0.2, -0.15) is 0 Å². The third-order valence-corrected chi connectivity index (χ3v) is 7.78. The van der Waals surface area contributed by atoms with Crippen molar-refractivity contribution in [3.05, 3.63) is 52.5 Å². The molecule has 0 radical (unpaired) electrons. The number of amides is 2. The summed E-state index contributed by atoms with van der Waals surface area (Å²) in [6.45, 7) is 0.581. The first-order valence-electron chi connectivity index (χ1n) is 9.08. The average Bonchev–Trinajstić information content (AvgIpc) is 3.40. The van der Waals surface area contributed by atoms with E-state index >= 15 is 0 Å². The first-order valence-corrected chi connectivity index (χ1v) is 11.5. The summed E-state index contributed by atoms with van der Waals surface area (Å²) in [5.41, 5.74) is 0. The van der Waals surface area contributed by atoms with Gasteiger partial charge in [-0.25, -0.2) is 12.8 Å². The summed E-state index contributed by atoms with van der Waals surface area (Å²) in [5.74, 6) is -2.31. The van der Waals surface area contributed by atoms with Crippen molar-refractivity contribution in [1.29, 1.82) is 0 Å². The van der Waals surface area contributed by atoms with Crippen molar-refractivity contribution in [2.24, 2.45) is 0 Å². The number of carbonyl (C=O) groups excluding carboxylic acids is 2. The first-order chi connectivity index (χ1) is 13.9. The standard InChI is InChI=1S/C19H21FN2O5S2/c20-13-5-7-15(8-6-13)29(25,26)17(16-4-2-10-28-16)12-22-19(24)18(23)21-11-14-3-1-9-27-14/h2,4-8,10,14,17H,1,3,9,11-12H2,(H,21,23)(H,22,24)/t14-,17+/m1/s1. The van der Waals surface area contributed by atoms with E-state index in [2.05, 4.69) is 10.6 Å². The summed E-state index contributed by atoms with van der Waals surface area (Å²) in [4.78, 5) is 24.6. The second-order valence-electron chi connectivity index (χ2n) is 6.56. The molecule has 7 nitrogen and oxygen atoms in total. The Labute approximate surface area is 172 Å². The highest BCUT2D eigenvalue weighted by atomic mass is 32.2. The van der Waals surface area contributed by atoms with Gasteiger partial charge in [0.05, 0.1) is 11.0 Å². The zero-order valence-corrected chi connectivity index (χ0v) is 17.1. The molecule has 2 atom stereocenters. The molecule has 0 spiro atoms. The molecule has 1 aliphatic rings. The number of thiophene rings is 1.